The van der Waals surface area contributed by atoms with Crippen LogP contribution in [0.4, 0.5) is 0 Å². The van der Waals surface area contributed by atoms with Gasteiger partial charge in [0.05, 0.1) is 18.3 Å². The smallest absolute Gasteiger partial charge is 0.230 e. The molecule has 1 atom stereocenters. The van der Waals surface area contributed by atoms with Crippen LogP contribution in [0.2, 0.25) is 0 Å². The Hall–Kier alpha value is -2.87. The zero-order valence-corrected chi connectivity index (χ0v) is 20.1. The topological polar surface area (TPSA) is 80.1 Å². The Morgan fingerprint density at radius 3 is 2.76 bits per heavy atom. The Labute approximate surface area is 198 Å². The molecule has 1 saturated heterocycles. The first-order chi connectivity index (χ1) is 16.0. The number of fused-ring (bicyclic) bond motifs is 1. The van der Waals surface area contributed by atoms with E-state index >= 15 is 0 Å². The molecule has 0 aliphatic carbocycles. The highest BCUT2D eigenvalue weighted by atomic mass is 32.2. The zero-order chi connectivity index (χ0) is 23.2. The molecule has 2 amide bonds. The third-order valence-corrected chi connectivity index (χ3v) is 7.06. The molecule has 1 aliphatic rings. The predicted octanol–water partition coefficient (Wildman–Crippen LogP) is 4.32. The number of carbonyl (C=O) groups is 2. The highest BCUT2D eigenvalue weighted by Gasteiger charge is 2.21. The van der Waals surface area contributed by atoms with Gasteiger partial charge in [-0.15, -0.1) is 10.2 Å². The van der Waals surface area contributed by atoms with Gasteiger partial charge >= 0.3 is 0 Å². The summed E-state index contributed by atoms with van der Waals surface area (Å²) < 4.78 is 2.00. The largest absolute Gasteiger partial charge is 0.349 e. The average molecular weight is 466 g/mol. The molecule has 33 heavy (non-hydrogen) atoms. The van der Waals surface area contributed by atoms with Crippen LogP contribution >= 0.6 is 11.8 Å². The highest BCUT2D eigenvalue weighted by Crippen LogP contribution is 2.22. The summed E-state index contributed by atoms with van der Waals surface area (Å²) in [5.41, 5.74) is 1.08. The number of carbonyl (C=O) groups excluding carboxylic acids is 2. The molecule has 2 heterocycles. The van der Waals surface area contributed by atoms with Gasteiger partial charge in [0, 0.05) is 19.5 Å². The van der Waals surface area contributed by atoms with Crippen LogP contribution in [0, 0.1) is 0 Å². The predicted molar refractivity (Wildman–Crippen MR) is 131 cm³/mol. The normalized spacial score (nSPS) is 15.5. The van der Waals surface area contributed by atoms with E-state index in [2.05, 4.69) is 45.8 Å². The van der Waals surface area contributed by atoms with Crippen molar-refractivity contribution in [1.29, 1.82) is 0 Å². The van der Waals surface area contributed by atoms with Crippen LogP contribution in [-0.4, -0.2) is 43.8 Å². The molecule has 1 fully saturated rings. The van der Waals surface area contributed by atoms with Gasteiger partial charge in [-0.25, -0.2) is 0 Å². The van der Waals surface area contributed by atoms with E-state index in [1.54, 1.807) is 0 Å². The molecule has 0 radical (unpaired) electrons. The summed E-state index contributed by atoms with van der Waals surface area (Å²) >= 11 is 1.38. The standard InChI is InChI=1S/C25H31N5O2S/c1-3-30-22(16-29-14-8-4-5-11-24(29)32)27-28-25(30)33-17-23(31)26-18(2)20-13-12-19-9-6-7-10-21(19)15-20/h6-7,9-10,12-13,15,18H,3-5,8,11,14,16-17H2,1-2H3,(H,26,31)/t18-/m1/s1. The molecule has 2 aromatic carbocycles. The minimum Gasteiger partial charge on any atom is -0.349 e. The second kappa shape index (κ2) is 10.8. The second-order valence-corrected chi connectivity index (χ2v) is 9.40. The number of aromatic nitrogens is 3. The molecule has 0 spiro atoms. The first-order valence-corrected chi connectivity index (χ1v) is 12.6. The Balaban J connectivity index is 1.35. The minimum absolute atomic E-state index is 0.0458. The Kier molecular flexibility index (Phi) is 7.65. The van der Waals surface area contributed by atoms with Crippen molar-refractivity contribution in [2.45, 2.75) is 63.8 Å². The van der Waals surface area contributed by atoms with E-state index in [4.69, 9.17) is 0 Å². The molecule has 1 aromatic heterocycles. The summed E-state index contributed by atoms with van der Waals surface area (Å²) in [6, 6.07) is 14.4. The van der Waals surface area contributed by atoms with Gasteiger partial charge in [0.25, 0.3) is 0 Å². The molecule has 0 bridgehead atoms. The van der Waals surface area contributed by atoms with Crippen LogP contribution in [0.25, 0.3) is 10.8 Å². The van der Waals surface area contributed by atoms with Crippen LogP contribution in [-0.2, 0) is 22.7 Å². The molecule has 8 heteroatoms. The monoisotopic (exact) mass is 465 g/mol. The lowest BCUT2D eigenvalue weighted by molar-refractivity contribution is -0.131. The fourth-order valence-corrected chi connectivity index (χ4v) is 5.04. The number of nitrogens with zero attached hydrogens (tertiary/aromatic N) is 4. The van der Waals surface area contributed by atoms with Crippen molar-refractivity contribution < 1.29 is 9.59 Å². The lowest BCUT2D eigenvalue weighted by atomic mass is 10.0. The van der Waals surface area contributed by atoms with Crippen molar-refractivity contribution in [3.63, 3.8) is 0 Å². The van der Waals surface area contributed by atoms with Gasteiger partial charge in [0.2, 0.25) is 11.8 Å². The van der Waals surface area contributed by atoms with Gasteiger partial charge in [-0.1, -0.05) is 54.6 Å². The van der Waals surface area contributed by atoms with Gasteiger partial charge in [-0.3, -0.25) is 9.59 Å². The molecular weight excluding hydrogens is 434 g/mol. The molecule has 3 aromatic rings. The number of hydrogen-bond donors (Lipinski definition) is 1. The van der Waals surface area contributed by atoms with Crippen molar-refractivity contribution in [3.8, 4) is 0 Å². The molecule has 174 valence electrons. The SMILES string of the molecule is CCn1c(CN2CCCCCC2=O)nnc1SCC(=O)N[C@H](C)c1ccc2ccccc2c1. The van der Waals surface area contributed by atoms with Crippen molar-refractivity contribution in [2.75, 3.05) is 12.3 Å². The summed E-state index contributed by atoms with van der Waals surface area (Å²) in [6.45, 7) is 5.97. The zero-order valence-electron chi connectivity index (χ0n) is 19.3. The summed E-state index contributed by atoms with van der Waals surface area (Å²) in [6.07, 6.45) is 3.70. The molecule has 1 N–H and O–H groups in total. The number of rotatable bonds is 8. The number of nitrogens with one attached hydrogen (secondary N) is 1. The van der Waals surface area contributed by atoms with Crippen LogP contribution in [0.5, 0.6) is 0 Å². The number of amides is 2. The first-order valence-electron chi connectivity index (χ1n) is 11.7. The average Bonchev–Trinajstić information content (AvgIpc) is 3.10. The Bertz CT molecular complexity index is 1130. The maximum Gasteiger partial charge on any atom is 0.230 e. The van der Waals surface area contributed by atoms with Crippen molar-refractivity contribution in [1.82, 2.24) is 25.0 Å². The van der Waals surface area contributed by atoms with E-state index in [1.165, 1.54) is 17.1 Å². The maximum atomic E-state index is 12.6. The Morgan fingerprint density at radius 1 is 1.12 bits per heavy atom. The maximum absolute atomic E-state index is 12.6. The van der Waals surface area contributed by atoms with Crippen LogP contribution in [0.15, 0.2) is 47.6 Å². The molecule has 0 unspecified atom stereocenters. The number of benzene rings is 2. The number of hydrogen-bond acceptors (Lipinski definition) is 5. The number of thioether (sulfide) groups is 1. The summed E-state index contributed by atoms with van der Waals surface area (Å²) in [7, 11) is 0. The van der Waals surface area contributed by atoms with Crippen molar-refractivity contribution in [3.05, 3.63) is 53.9 Å². The van der Waals surface area contributed by atoms with E-state index in [0.29, 0.717) is 24.7 Å². The quantitative estimate of drug-likeness (QED) is 0.501. The van der Waals surface area contributed by atoms with Crippen LogP contribution in [0.3, 0.4) is 0 Å². The fraction of sp³-hybridized carbons (Fsp3) is 0.440. The summed E-state index contributed by atoms with van der Waals surface area (Å²) in [4.78, 5) is 26.9. The molecule has 0 saturated carbocycles. The van der Waals surface area contributed by atoms with Crippen molar-refractivity contribution in [2.24, 2.45) is 0 Å². The van der Waals surface area contributed by atoms with Gasteiger partial charge in [0.15, 0.2) is 11.0 Å². The van der Waals surface area contributed by atoms with Gasteiger partial charge in [-0.05, 0) is 49.1 Å². The fourth-order valence-electron chi connectivity index (χ4n) is 4.21. The third-order valence-electron chi connectivity index (χ3n) is 6.10. The summed E-state index contributed by atoms with van der Waals surface area (Å²) in [5.74, 6) is 1.18. The summed E-state index contributed by atoms with van der Waals surface area (Å²) in [5, 5.41) is 14.8. The highest BCUT2D eigenvalue weighted by molar-refractivity contribution is 7.99. The van der Waals surface area contributed by atoms with Crippen LogP contribution < -0.4 is 5.32 Å². The minimum atomic E-state index is -0.0867. The molecular formula is C25H31N5O2S. The van der Waals surface area contributed by atoms with E-state index < -0.39 is 0 Å². The van der Waals surface area contributed by atoms with Gasteiger partial charge < -0.3 is 14.8 Å². The first kappa shape index (κ1) is 23.3. The Morgan fingerprint density at radius 2 is 1.94 bits per heavy atom. The third kappa shape index (κ3) is 5.74. The van der Waals surface area contributed by atoms with Gasteiger partial charge in [0.1, 0.15) is 0 Å². The van der Waals surface area contributed by atoms with E-state index in [-0.39, 0.29) is 23.6 Å². The van der Waals surface area contributed by atoms with E-state index in [0.717, 1.165) is 42.6 Å². The van der Waals surface area contributed by atoms with E-state index in [1.807, 2.05) is 35.4 Å². The molecule has 7 nitrogen and oxygen atoms in total. The molecule has 4 rings (SSSR count). The van der Waals surface area contributed by atoms with E-state index in [9.17, 15) is 9.59 Å². The number of likely N-dealkylation sites (tertiary alicyclic amines) is 1. The lowest BCUT2D eigenvalue weighted by Gasteiger charge is -2.20. The lowest BCUT2D eigenvalue weighted by Crippen LogP contribution is -2.31. The van der Waals surface area contributed by atoms with Gasteiger partial charge in [-0.2, -0.15) is 0 Å². The van der Waals surface area contributed by atoms with Crippen LogP contribution in [0.1, 0.15) is 57.0 Å². The second-order valence-electron chi connectivity index (χ2n) is 8.45. The van der Waals surface area contributed by atoms with Crippen molar-refractivity contribution >= 4 is 34.3 Å². The molecule has 1 aliphatic heterocycles.